The van der Waals surface area contributed by atoms with Crippen molar-refractivity contribution >= 4 is 26.0 Å². The van der Waals surface area contributed by atoms with Gasteiger partial charge in [0.1, 0.15) is 5.76 Å². The Balaban J connectivity index is 1.69. The molecule has 3 rings (SSSR count). The number of hydrogen-bond donors (Lipinski definition) is 0. The summed E-state index contributed by atoms with van der Waals surface area (Å²) in [6.45, 7) is 3.70. The molecule has 0 aliphatic carbocycles. The molecule has 0 N–H and O–H groups in total. The highest BCUT2D eigenvalue weighted by Gasteiger charge is 2.17. The van der Waals surface area contributed by atoms with Gasteiger partial charge >= 0.3 is 0 Å². The summed E-state index contributed by atoms with van der Waals surface area (Å²) in [5.74, 6) is 1.14. The van der Waals surface area contributed by atoms with Crippen LogP contribution in [0.15, 0.2) is 62.3 Å². The summed E-state index contributed by atoms with van der Waals surface area (Å²) in [7, 11) is -3.78. The van der Waals surface area contributed by atoms with E-state index in [2.05, 4.69) is 20.9 Å². The zero-order valence-corrected chi connectivity index (χ0v) is 16.8. The first-order valence-electron chi connectivity index (χ1n) is 8.04. The molecule has 26 heavy (non-hydrogen) atoms. The van der Waals surface area contributed by atoms with Crippen LogP contribution in [0.3, 0.4) is 0 Å². The van der Waals surface area contributed by atoms with Gasteiger partial charge in [0.2, 0.25) is 5.89 Å². The van der Waals surface area contributed by atoms with Crippen LogP contribution in [0.1, 0.15) is 17.0 Å². The highest BCUT2D eigenvalue weighted by atomic mass is 79.9. The number of rotatable bonds is 6. The first-order valence-corrected chi connectivity index (χ1v) is 10.2. The highest BCUT2D eigenvalue weighted by Crippen LogP contribution is 2.29. The molecule has 0 spiro atoms. The van der Waals surface area contributed by atoms with Crippen molar-refractivity contribution in [3.05, 3.63) is 70.0 Å². The van der Waals surface area contributed by atoms with Gasteiger partial charge in [-0.1, -0.05) is 29.8 Å². The van der Waals surface area contributed by atoms with Crippen LogP contribution in [0.25, 0.3) is 11.5 Å². The van der Waals surface area contributed by atoms with Crippen molar-refractivity contribution in [2.75, 3.05) is 6.61 Å². The van der Waals surface area contributed by atoms with Crippen molar-refractivity contribution in [2.24, 2.45) is 0 Å². The molecule has 0 aliphatic heterocycles. The summed E-state index contributed by atoms with van der Waals surface area (Å²) in [6, 6.07) is 14.2. The van der Waals surface area contributed by atoms with Crippen molar-refractivity contribution in [3.8, 4) is 11.5 Å². The van der Waals surface area contributed by atoms with Crippen LogP contribution in [0.4, 0.5) is 0 Å². The van der Waals surface area contributed by atoms with Crippen LogP contribution >= 0.6 is 15.9 Å². The van der Waals surface area contributed by atoms with Crippen molar-refractivity contribution in [1.29, 1.82) is 0 Å². The lowest BCUT2D eigenvalue weighted by atomic mass is 10.2. The van der Waals surface area contributed by atoms with Gasteiger partial charge in [-0.2, -0.15) is 8.42 Å². The Morgan fingerprint density at radius 3 is 2.46 bits per heavy atom. The lowest BCUT2D eigenvalue weighted by Crippen LogP contribution is -2.09. The molecule has 0 atom stereocenters. The molecule has 0 aliphatic rings. The van der Waals surface area contributed by atoms with E-state index < -0.39 is 10.1 Å². The smallest absolute Gasteiger partial charge is 0.296 e. The van der Waals surface area contributed by atoms with Crippen molar-refractivity contribution in [2.45, 2.75) is 25.2 Å². The number of aryl methyl sites for hydroxylation is 2. The van der Waals surface area contributed by atoms with E-state index in [1.165, 1.54) is 12.1 Å². The van der Waals surface area contributed by atoms with E-state index in [1.54, 1.807) is 19.1 Å². The minimum Gasteiger partial charge on any atom is -0.441 e. The number of benzene rings is 2. The Labute approximate surface area is 161 Å². The number of halogens is 1. The van der Waals surface area contributed by atoms with E-state index in [1.807, 2.05) is 31.2 Å². The molecule has 2 aromatic carbocycles. The second-order valence-electron chi connectivity index (χ2n) is 5.84. The average molecular weight is 436 g/mol. The molecule has 7 heteroatoms. The Bertz CT molecular complexity index is 1010. The Hall–Kier alpha value is -1.96. The minimum absolute atomic E-state index is 0.00101. The van der Waals surface area contributed by atoms with Gasteiger partial charge < -0.3 is 4.42 Å². The molecule has 3 aromatic rings. The van der Waals surface area contributed by atoms with Gasteiger partial charge in [0.25, 0.3) is 10.1 Å². The molecule has 1 heterocycles. The van der Waals surface area contributed by atoms with E-state index >= 15 is 0 Å². The minimum atomic E-state index is -3.78. The van der Waals surface area contributed by atoms with E-state index in [0.717, 1.165) is 15.6 Å². The fraction of sp³-hybridized carbons (Fsp3) is 0.211. The summed E-state index contributed by atoms with van der Waals surface area (Å²) in [5, 5.41) is 0. The molecule has 5 nitrogen and oxygen atoms in total. The van der Waals surface area contributed by atoms with Crippen molar-refractivity contribution in [1.82, 2.24) is 4.98 Å². The topological polar surface area (TPSA) is 69.4 Å². The number of hydrogen-bond acceptors (Lipinski definition) is 5. The number of aromatic nitrogens is 1. The third kappa shape index (κ3) is 4.23. The fourth-order valence-corrected chi connectivity index (χ4v) is 3.79. The van der Waals surface area contributed by atoms with Crippen LogP contribution in [0.2, 0.25) is 0 Å². The average Bonchev–Trinajstić information content (AvgIpc) is 2.96. The third-order valence-electron chi connectivity index (χ3n) is 3.88. The third-order valence-corrected chi connectivity index (χ3v) is 5.90. The monoisotopic (exact) mass is 435 g/mol. The molecule has 0 fully saturated rings. The van der Waals surface area contributed by atoms with Gasteiger partial charge in [-0.15, -0.1) is 0 Å². The SMILES string of the molecule is Cc1ccc(S(=O)(=O)OCCc2nc(-c3ccccc3Br)oc2C)cc1. The maximum Gasteiger partial charge on any atom is 0.296 e. The maximum atomic E-state index is 12.2. The highest BCUT2D eigenvalue weighted by molar-refractivity contribution is 9.10. The van der Waals surface area contributed by atoms with Crippen LogP contribution < -0.4 is 0 Å². The predicted octanol–water partition coefficient (Wildman–Crippen LogP) is 4.67. The van der Waals surface area contributed by atoms with Gasteiger partial charge in [0.15, 0.2) is 0 Å². The molecule has 1 aromatic heterocycles. The standard InChI is InChI=1S/C19H18BrNO4S/c1-13-7-9-15(10-8-13)26(22,23)24-12-11-18-14(2)25-19(21-18)16-5-3-4-6-17(16)20/h3-10H,11-12H2,1-2H3. The summed E-state index contributed by atoms with van der Waals surface area (Å²) in [6.07, 6.45) is 0.338. The van der Waals surface area contributed by atoms with Gasteiger partial charge in [-0.05, 0) is 54.0 Å². The summed E-state index contributed by atoms with van der Waals surface area (Å²) >= 11 is 3.47. The maximum absolute atomic E-state index is 12.2. The van der Waals surface area contributed by atoms with E-state index in [9.17, 15) is 8.42 Å². The van der Waals surface area contributed by atoms with Gasteiger partial charge in [-0.3, -0.25) is 4.18 Å². The van der Waals surface area contributed by atoms with Crippen LogP contribution in [0.5, 0.6) is 0 Å². The van der Waals surface area contributed by atoms with E-state index in [0.29, 0.717) is 23.8 Å². The van der Waals surface area contributed by atoms with Crippen LogP contribution in [-0.4, -0.2) is 20.0 Å². The summed E-state index contributed by atoms with van der Waals surface area (Å²) in [5.41, 5.74) is 2.51. The first-order chi connectivity index (χ1) is 12.4. The first kappa shape index (κ1) is 18.8. The molecule has 0 radical (unpaired) electrons. The van der Waals surface area contributed by atoms with Crippen LogP contribution in [0, 0.1) is 13.8 Å². The molecule has 0 bridgehead atoms. The van der Waals surface area contributed by atoms with Crippen molar-refractivity contribution < 1.29 is 17.0 Å². The number of nitrogens with zero attached hydrogens (tertiary/aromatic N) is 1. The van der Waals surface area contributed by atoms with Gasteiger partial charge in [0, 0.05) is 10.9 Å². The largest absolute Gasteiger partial charge is 0.441 e. The molecular formula is C19H18BrNO4S. The molecule has 0 saturated carbocycles. The Kier molecular flexibility index (Phi) is 5.60. The Morgan fingerprint density at radius 1 is 1.08 bits per heavy atom. The summed E-state index contributed by atoms with van der Waals surface area (Å²) in [4.78, 5) is 4.62. The molecule has 0 saturated heterocycles. The van der Waals surface area contributed by atoms with Gasteiger partial charge in [-0.25, -0.2) is 4.98 Å². The van der Waals surface area contributed by atoms with Gasteiger partial charge in [0.05, 0.1) is 22.8 Å². The normalized spacial score (nSPS) is 11.7. The second-order valence-corrected chi connectivity index (χ2v) is 8.31. The molecule has 136 valence electrons. The zero-order valence-electron chi connectivity index (χ0n) is 14.4. The molecule has 0 amide bonds. The van der Waals surface area contributed by atoms with E-state index in [4.69, 9.17) is 8.60 Å². The summed E-state index contributed by atoms with van der Waals surface area (Å²) < 4.78 is 36.2. The van der Waals surface area contributed by atoms with E-state index in [-0.39, 0.29) is 11.5 Å². The van der Waals surface area contributed by atoms with Crippen molar-refractivity contribution in [3.63, 3.8) is 0 Å². The fourth-order valence-electron chi connectivity index (χ4n) is 2.43. The zero-order chi connectivity index (χ0) is 18.7. The quantitative estimate of drug-likeness (QED) is 0.526. The molecular weight excluding hydrogens is 418 g/mol. The second kappa shape index (κ2) is 7.73. The Morgan fingerprint density at radius 2 is 1.77 bits per heavy atom. The van der Waals surface area contributed by atoms with Crippen LogP contribution in [-0.2, 0) is 20.7 Å². The lowest BCUT2D eigenvalue weighted by Gasteiger charge is -2.05. The molecule has 0 unspecified atom stereocenters. The predicted molar refractivity (Wildman–Crippen MR) is 102 cm³/mol. The number of oxazole rings is 1. The lowest BCUT2D eigenvalue weighted by molar-refractivity contribution is 0.320.